The Bertz CT molecular complexity index is 316. The summed E-state index contributed by atoms with van der Waals surface area (Å²) < 4.78 is 0. The highest BCUT2D eigenvalue weighted by Crippen LogP contribution is 2.42. The maximum absolute atomic E-state index is 11.4. The minimum atomic E-state index is -0.587. The van der Waals surface area contributed by atoms with Gasteiger partial charge in [0.2, 0.25) is 0 Å². The van der Waals surface area contributed by atoms with Crippen LogP contribution < -0.4 is 0 Å². The molecule has 1 aliphatic carbocycles. The van der Waals surface area contributed by atoms with E-state index in [1.165, 1.54) is 19.3 Å². The molecule has 2 rings (SSSR count). The van der Waals surface area contributed by atoms with E-state index < -0.39 is 11.4 Å². The highest BCUT2D eigenvalue weighted by Gasteiger charge is 2.43. The molecule has 0 radical (unpaired) electrons. The SMILES string of the molecule is CCC1(C(=O)O)CCN(C2CCC(C)(C)C2)CC1. The zero-order chi connectivity index (χ0) is 13.4. The first-order chi connectivity index (χ1) is 8.38. The van der Waals surface area contributed by atoms with Crippen LogP contribution in [0.4, 0.5) is 0 Å². The van der Waals surface area contributed by atoms with Crippen molar-refractivity contribution in [2.75, 3.05) is 13.1 Å². The van der Waals surface area contributed by atoms with E-state index in [1.807, 2.05) is 6.92 Å². The Morgan fingerprint density at radius 1 is 1.28 bits per heavy atom. The van der Waals surface area contributed by atoms with Crippen LogP contribution in [-0.4, -0.2) is 35.1 Å². The van der Waals surface area contributed by atoms with Gasteiger partial charge in [-0.2, -0.15) is 0 Å². The van der Waals surface area contributed by atoms with Crippen molar-refractivity contribution in [1.29, 1.82) is 0 Å². The first-order valence-corrected chi connectivity index (χ1v) is 7.36. The van der Waals surface area contributed by atoms with Crippen molar-refractivity contribution in [2.24, 2.45) is 10.8 Å². The van der Waals surface area contributed by atoms with Crippen LogP contribution in [-0.2, 0) is 4.79 Å². The van der Waals surface area contributed by atoms with E-state index in [4.69, 9.17) is 0 Å². The summed E-state index contributed by atoms with van der Waals surface area (Å²) in [6.45, 7) is 8.67. The van der Waals surface area contributed by atoms with E-state index >= 15 is 0 Å². The van der Waals surface area contributed by atoms with E-state index in [9.17, 15) is 9.90 Å². The minimum Gasteiger partial charge on any atom is -0.481 e. The standard InChI is InChI=1S/C15H27NO2/c1-4-15(13(17)18)7-9-16(10-8-15)12-5-6-14(2,3)11-12/h12H,4-11H2,1-3H3,(H,17,18). The molecule has 0 spiro atoms. The third-order valence-electron chi connectivity index (χ3n) is 5.34. The zero-order valence-electron chi connectivity index (χ0n) is 12.0. The maximum atomic E-state index is 11.4. The molecule has 1 N–H and O–H groups in total. The van der Waals surface area contributed by atoms with Crippen LogP contribution in [0.15, 0.2) is 0 Å². The average molecular weight is 253 g/mol. The fraction of sp³-hybridized carbons (Fsp3) is 0.933. The van der Waals surface area contributed by atoms with E-state index in [1.54, 1.807) is 0 Å². The van der Waals surface area contributed by atoms with Gasteiger partial charge in [0.25, 0.3) is 0 Å². The van der Waals surface area contributed by atoms with Crippen LogP contribution in [0.5, 0.6) is 0 Å². The Morgan fingerprint density at radius 3 is 2.28 bits per heavy atom. The van der Waals surface area contributed by atoms with Gasteiger partial charge in [-0.25, -0.2) is 0 Å². The maximum Gasteiger partial charge on any atom is 0.309 e. The highest BCUT2D eigenvalue weighted by atomic mass is 16.4. The molecule has 0 aromatic carbocycles. The summed E-state index contributed by atoms with van der Waals surface area (Å²) in [6.07, 6.45) is 6.31. The molecule has 1 saturated heterocycles. The second-order valence-electron chi connectivity index (χ2n) is 7.04. The molecule has 1 heterocycles. The topological polar surface area (TPSA) is 40.5 Å². The van der Waals surface area contributed by atoms with Gasteiger partial charge in [0.05, 0.1) is 5.41 Å². The zero-order valence-corrected chi connectivity index (χ0v) is 12.0. The lowest BCUT2D eigenvalue weighted by molar-refractivity contribution is -0.152. The summed E-state index contributed by atoms with van der Waals surface area (Å²) in [4.78, 5) is 14.0. The number of carboxylic acid groups (broad SMARTS) is 1. The lowest BCUT2D eigenvalue weighted by Gasteiger charge is -2.41. The molecule has 1 atom stereocenters. The lowest BCUT2D eigenvalue weighted by Crippen LogP contribution is -2.47. The first kappa shape index (κ1) is 13.9. The molecular formula is C15H27NO2. The second kappa shape index (κ2) is 4.84. The molecule has 3 heteroatoms. The molecule has 2 fully saturated rings. The van der Waals surface area contributed by atoms with Crippen LogP contribution in [0.25, 0.3) is 0 Å². The van der Waals surface area contributed by atoms with Crippen molar-refractivity contribution < 1.29 is 9.90 Å². The van der Waals surface area contributed by atoms with Crippen molar-refractivity contribution in [2.45, 2.75) is 65.3 Å². The van der Waals surface area contributed by atoms with Gasteiger partial charge in [-0.3, -0.25) is 4.79 Å². The van der Waals surface area contributed by atoms with Gasteiger partial charge in [-0.05, 0) is 57.0 Å². The van der Waals surface area contributed by atoms with Crippen molar-refractivity contribution in [3.05, 3.63) is 0 Å². The first-order valence-electron chi connectivity index (χ1n) is 7.36. The molecule has 18 heavy (non-hydrogen) atoms. The van der Waals surface area contributed by atoms with E-state index in [0.29, 0.717) is 11.5 Å². The number of hydrogen-bond donors (Lipinski definition) is 1. The summed E-state index contributed by atoms with van der Waals surface area (Å²) in [5, 5.41) is 9.40. The molecule has 104 valence electrons. The van der Waals surface area contributed by atoms with Crippen molar-refractivity contribution in [3.8, 4) is 0 Å². The molecule has 2 aliphatic rings. The molecule has 0 aromatic rings. The Hall–Kier alpha value is -0.570. The average Bonchev–Trinajstić information content (AvgIpc) is 2.69. The Morgan fingerprint density at radius 2 is 1.89 bits per heavy atom. The van der Waals surface area contributed by atoms with Gasteiger partial charge < -0.3 is 10.0 Å². The van der Waals surface area contributed by atoms with E-state index in [-0.39, 0.29) is 0 Å². The number of carboxylic acids is 1. The van der Waals surface area contributed by atoms with Gasteiger partial charge in [-0.1, -0.05) is 20.8 Å². The van der Waals surface area contributed by atoms with Crippen LogP contribution in [0.1, 0.15) is 59.3 Å². The van der Waals surface area contributed by atoms with E-state index in [0.717, 1.165) is 32.4 Å². The summed E-state index contributed by atoms with van der Waals surface area (Å²) in [5.74, 6) is -0.587. The van der Waals surface area contributed by atoms with Gasteiger partial charge in [0.15, 0.2) is 0 Å². The van der Waals surface area contributed by atoms with Crippen LogP contribution in [0.2, 0.25) is 0 Å². The third kappa shape index (κ3) is 2.56. The van der Waals surface area contributed by atoms with Gasteiger partial charge >= 0.3 is 5.97 Å². The Labute approximate surface area is 111 Å². The highest BCUT2D eigenvalue weighted by molar-refractivity contribution is 5.74. The smallest absolute Gasteiger partial charge is 0.309 e. The number of likely N-dealkylation sites (tertiary alicyclic amines) is 1. The van der Waals surface area contributed by atoms with Crippen LogP contribution >= 0.6 is 0 Å². The van der Waals surface area contributed by atoms with Crippen molar-refractivity contribution in [1.82, 2.24) is 4.90 Å². The summed E-state index contributed by atoms with van der Waals surface area (Å²) in [6, 6.07) is 0.698. The number of aliphatic carboxylic acids is 1. The number of rotatable bonds is 3. The molecule has 0 bridgehead atoms. The van der Waals surface area contributed by atoms with E-state index in [2.05, 4.69) is 18.7 Å². The van der Waals surface area contributed by atoms with Gasteiger partial charge in [0.1, 0.15) is 0 Å². The number of piperidine rings is 1. The Kier molecular flexibility index (Phi) is 3.72. The fourth-order valence-corrected chi connectivity index (χ4v) is 3.75. The molecule has 3 nitrogen and oxygen atoms in total. The predicted molar refractivity (Wildman–Crippen MR) is 72.6 cm³/mol. The molecule has 1 aliphatic heterocycles. The monoisotopic (exact) mass is 253 g/mol. The molecule has 1 saturated carbocycles. The van der Waals surface area contributed by atoms with Crippen molar-refractivity contribution >= 4 is 5.97 Å². The summed E-state index contributed by atoms with van der Waals surface area (Å²) in [5.41, 5.74) is 0.0430. The molecule has 1 unspecified atom stereocenters. The predicted octanol–water partition coefficient (Wildman–Crippen LogP) is 3.14. The van der Waals surface area contributed by atoms with Crippen molar-refractivity contribution in [3.63, 3.8) is 0 Å². The number of hydrogen-bond acceptors (Lipinski definition) is 2. The normalized spacial score (nSPS) is 31.4. The quantitative estimate of drug-likeness (QED) is 0.840. The lowest BCUT2D eigenvalue weighted by atomic mass is 9.76. The second-order valence-corrected chi connectivity index (χ2v) is 7.04. The molecular weight excluding hydrogens is 226 g/mol. The van der Waals surface area contributed by atoms with Crippen LogP contribution in [0, 0.1) is 10.8 Å². The Balaban J connectivity index is 1.93. The van der Waals surface area contributed by atoms with Crippen LogP contribution in [0.3, 0.4) is 0 Å². The summed E-state index contributed by atoms with van der Waals surface area (Å²) >= 11 is 0. The molecule has 0 amide bonds. The van der Waals surface area contributed by atoms with Gasteiger partial charge in [0, 0.05) is 6.04 Å². The third-order valence-corrected chi connectivity index (χ3v) is 5.34. The van der Waals surface area contributed by atoms with Gasteiger partial charge in [-0.15, -0.1) is 0 Å². The number of carbonyl (C=O) groups is 1. The summed E-state index contributed by atoms with van der Waals surface area (Å²) in [7, 11) is 0. The largest absolute Gasteiger partial charge is 0.481 e. The fourth-order valence-electron chi connectivity index (χ4n) is 3.75. The molecule has 0 aromatic heterocycles. The minimum absolute atomic E-state index is 0.440. The number of nitrogens with zero attached hydrogens (tertiary/aromatic N) is 1.